The Morgan fingerprint density at radius 2 is 1.95 bits per heavy atom. The smallest absolute Gasteiger partial charge is 0.0478 e. The molecule has 1 atom stereocenters. The van der Waals surface area contributed by atoms with Crippen molar-refractivity contribution in [3.05, 3.63) is 57.7 Å². The van der Waals surface area contributed by atoms with E-state index >= 15 is 0 Å². The van der Waals surface area contributed by atoms with Crippen LogP contribution in [0.4, 0.5) is 0 Å². The third-order valence-corrected chi connectivity index (χ3v) is 4.74. The lowest BCUT2D eigenvalue weighted by molar-refractivity contribution is 0.450. The molecule has 0 spiro atoms. The predicted molar refractivity (Wildman–Crippen MR) is 87.2 cm³/mol. The molecule has 4 rings (SSSR count). The lowest BCUT2D eigenvalue weighted by Crippen LogP contribution is -2.28. The number of H-pyrrole nitrogens is 1. The molecule has 2 heteroatoms. The van der Waals surface area contributed by atoms with E-state index < -0.39 is 0 Å². The van der Waals surface area contributed by atoms with Gasteiger partial charge in [-0.05, 0) is 48.4 Å². The van der Waals surface area contributed by atoms with E-state index in [2.05, 4.69) is 52.8 Å². The molecule has 2 aliphatic carbocycles. The summed E-state index contributed by atoms with van der Waals surface area (Å²) < 4.78 is 0. The minimum absolute atomic E-state index is 0.473. The van der Waals surface area contributed by atoms with Crippen molar-refractivity contribution < 1.29 is 0 Å². The van der Waals surface area contributed by atoms with Crippen LogP contribution >= 0.6 is 0 Å². The number of benzene rings is 1. The normalized spacial score (nSPS) is 20.1. The fraction of sp³-hybridized carbons (Fsp3) is 0.368. The number of nitrogens with one attached hydrogen (secondary N) is 2. The third-order valence-electron chi connectivity index (χ3n) is 4.74. The molecule has 21 heavy (non-hydrogen) atoms. The van der Waals surface area contributed by atoms with Crippen molar-refractivity contribution in [3.63, 3.8) is 0 Å². The van der Waals surface area contributed by atoms with Crippen LogP contribution in [0.1, 0.15) is 48.5 Å². The minimum atomic E-state index is 0.473. The highest BCUT2D eigenvalue weighted by Gasteiger charge is 2.23. The van der Waals surface area contributed by atoms with Crippen molar-refractivity contribution in [2.45, 2.75) is 44.7 Å². The molecule has 0 radical (unpaired) electrons. The third kappa shape index (κ3) is 2.44. The summed E-state index contributed by atoms with van der Waals surface area (Å²) in [5.74, 6) is 0. The van der Waals surface area contributed by atoms with E-state index in [4.69, 9.17) is 0 Å². The monoisotopic (exact) mass is 278 g/mol. The summed E-state index contributed by atoms with van der Waals surface area (Å²) in [7, 11) is 0. The lowest BCUT2D eigenvalue weighted by atomic mass is 9.91. The van der Waals surface area contributed by atoms with Crippen LogP contribution in [0.5, 0.6) is 0 Å². The Balaban J connectivity index is 1.61. The highest BCUT2D eigenvalue weighted by atomic mass is 14.9. The molecule has 1 aromatic heterocycles. The molecule has 1 unspecified atom stereocenters. The average Bonchev–Trinajstić information content (AvgIpc) is 2.93. The van der Waals surface area contributed by atoms with Crippen molar-refractivity contribution in [1.82, 2.24) is 10.3 Å². The zero-order valence-corrected chi connectivity index (χ0v) is 12.4. The zero-order chi connectivity index (χ0) is 14.1. The van der Waals surface area contributed by atoms with Crippen LogP contribution in [0.25, 0.3) is 12.2 Å². The van der Waals surface area contributed by atoms with Gasteiger partial charge in [0.05, 0.1) is 0 Å². The van der Waals surface area contributed by atoms with Gasteiger partial charge in [-0.3, -0.25) is 0 Å². The maximum absolute atomic E-state index is 3.74. The second-order valence-corrected chi connectivity index (χ2v) is 6.14. The molecule has 1 aromatic carbocycles. The topological polar surface area (TPSA) is 27.8 Å². The summed E-state index contributed by atoms with van der Waals surface area (Å²) in [4.78, 5) is 3.69. The Morgan fingerprint density at radius 1 is 1.10 bits per heavy atom. The predicted octanol–water partition coefficient (Wildman–Crippen LogP) is 2.54. The number of aromatic amines is 1. The Morgan fingerprint density at radius 3 is 2.86 bits per heavy atom. The lowest BCUT2D eigenvalue weighted by Gasteiger charge is -2.24. The van der Waals surface area contributed by atoms with Gasteiger partial charge >= 0.3 is 0 Å². The maximum atomic E-state index is 3.74. The van der Waals surface area contributed by atoms with E-state index in [1.807, 2.05) is 0 Å². The van der Waals surface area contributed by atoms with E-state index in [0.717, 1.165) is 6.54 Å². The summed E-state index contributed by atoms with van der Waals surface area (Å²) in [5.41, 5.74) is 4.37. The van der Waals surface area contributed by atoms with Gasteiger partial charge in [-0.1, -0.05) is 42.5 Å². The van der Waals surface area contributed by atoms with Crippen molar-refractivity contribution >= 4 is 12.2 Å². The van der Waals surface area contributed by atoms with E-state index in [0.29, 0.717) is 6.04 Å². The van der Waals surface area contributed by atoms with Crippen LogP contribution in [0.15, 0.2) is 30.3 Å². The number of fused-ring (bicyclic) bond motifs is 3. The second-order valence-electron chi connectivity index (χ2n) is 6.14. The van der Waals surface area contributed by atoms with Crippen LogP contribution in [0.2, 0.25) is 0 Å². The first-order valence-corrected chi connectivity index (χ1v) is 8.10. The van der Waals surface area contributed by atoms with Gasteiger partial charge in [0.15, 0.2) is 0 Å². The molecule has 0 aliphatic heterocycles. The Labute approximate surface area is 125 Å². The zero-order valence-electron chi connectivity index (χ0n) is 12.4. The fourth-order valence-corrected chi connectivity index (χ4v) is 3.68. The maximum Gasteiger partial charge on any atom is 0.0478 e. The number of hydrogen-bond donors (Lipinski definition) is 2. The van der Waals surface area contributed by atoms with Crippen LogP contribution in [0.3, 0.4) is 0 Å². The number of hydrogen-bond acceptors (Lipinski definition) is 1. The molecule has 0 fully saturated rings. The van der Waals surface area contributed by atoms with Gasteiger partial charge in [0.2, 0.25) is 0 Å². The summed E-state index contributed by atoms with van der Waals surface area (Å²) in [6.45, 7) is 0.946. The van der Waals surface area contributed by atoms with Crippen molar-refractivity contribution in [2.75, 3.05) is 0 Å². The van der Waals surface area contributed by atoms with Crippen LogP contribution in [-0.4, -0.2) is 4.98 Å². The number of rotatable bonds is 3. The van der Waals surface area contributed by atoms with Gasteiger partial charge in [-0.15, -0.1) is 0 Å². The van der Waals surface area contributed by atoms with Crippen molar-refractivity contribution in [3.8, 4) is 0 Å². The fourth-order valence-electron chi connectivity index (χ4n) is 3.68. The second kappa shape index (κ2) is 5.53. The van der Waals surface area contributed by atoms with E-state index in [-0.39, 0.29) is 0 Å². The van der Waals surface area contributed by atoms with Crippen molar-refractivity contribution in [1.29, 1.82) is 0 Å². The van der Waals surface area contributed by atoms with E-state index in [9.17, 15) is 0 Å². The molecule has 2 N–H and O–H groups in total. The Kier molecular flexibility index (Phi) is 3.40. The quantitative estimate of drug-likeness (QED) is 0.887. The molecule has 0 saturated heterocycles. The molecule has 2 aliphatic rings. The SMILES string of the molecule is C1=c2[nH]c3c(c2=CCC1)CCCC3NCc1ccccc1. The standard InChI is InChI=1S/C19H22N2/c1-2-7-14(8-3-1)13-20-18-12-6-10-16-15-9-4-5-11-17(15)21-19(16)18/h1-3,7-9,11,18,20-21H,4-6,10,12-13H2. The highest BCUT2D eigenvalue weighted by Crippen LogP contribution is 2.26. The average molecular weight is 278 g/mol. The summed E-state index contributed by atoms with van der Waals surface area (Å²) in [5, 5.41) is 6.59. The van der Waals surface area contributed by atoms with Crippen LogP contribution < -0.4 is 15.9 Å². The van der Waals surface area contributed by atoms with Crippen LogP contribution in [0, 0.1) is 0 Å². The molecule has 2 nitrogen and oxygen atoms in total. The van der Waals surface area contributed by atoms with Crippen LogP contribution in [-0.2, 0) is 13.0 Å². The molecular formula is C19H22N2. The van der Waals surface area contributed by atoms with Gasteiger partial charge in [-0.25, -0.2) is 0 Å². The minimum Gasteiger partial charge on any atom is -0.357 e. The first-order chi connectivity index (χ1) is 10.4. The number of aromatic nitrogens is 1. The molecular weight excluding hydrogens is 256 g/mol. The van der Waals surface area contributed by atoms with Gasteiger partial charge in [0.1, 0.15) is 0 Å². The van der Waals surface area contributed by atoms with Gasteiger partial charge in [-0.2, -0.15) is 0 Å². The summed E-state index contributed by atoms with van der Waals surface area (Å²) in [6, 6.07) is 11.2. The molecule has 108 valence electrons. The molecule has 0 amide bonds. The molecule has 2 aromatic rings. The van der Waals surface area contributed by atoms with E-state index in [1.54, 1.807) is 5.56 Å². The first kappa shape index (κ1) is 12.9. The molecule has 0 saturated carbocycles. The van der Waals surface area contributed by atoms with E-state index in [1.165, 1.54) is 53.9 Å². The highest BCUT2D eigenvalue weighted by molar-refractivity contribution is 5.43. The largest absolute Gasteiger partial charge is 0.357 e. The molecule has 0 bridgehead atoms. The van der Waals surface area contributed by atoms with Crippen molar-refractivity contribution in [2.24, 2.45) is 0 Å². The summed E-state index contributed by atoms with van der Waals surface area (Å²) >= 11 is 0. The Bertz CT molecular complexity index is 740. The van der Waals surface area contributed by atoms with Gasteiger partial charge in [0.25, 0.3) is 0 Å². The summed E-state index contributed by atoms with van der Waals surface area (Å²) in [6.07, 6.45) is 10.9. The van der Waals surface area contributed by atoms with Gasteiger partial charge < -0.3 is 10.3 Å². The van der Waals surface area contributed by atoms with Gasteiger partial charge in [0, 0.05) is 23.6 Å². The molecule has 1 heterocycles. The Hall–Kier alpha value is -1.80. The first-order valence-electron chi connectivity index (χ1n) is 8.10.